The molecule has 5 aromatic heterocycles. The van der Waals surface area contributed by atoms with Gasteiger partial charge >= 0.3 is 0 Å². The standard InChI is InChI=1S/C54H31N3OS/c1-5-13-45-37(9-1)41-24-25-42-38-10-2-6-14-46(38)57-48-31-36(22-26-47(48)56(45)53(41)54(42)57)55(35-23-27-50-43(30-35)39-11-3-7-15-49(39)58-50)34-20-17-32(18-21-34)33-19-28-52-44(29-33)40-12-4-8-16-51(40)59-52/h1-31H. The lowest BCUT2D eigenvalue weighted by Gasteiger charge is -2.26. The van der Waals surface area contributed by atoms with Crippen LogP contribution in [0.5, 0.6) is 0 Å². The predicted octanol–water partition coefficient (Wildman–Crippen LogP) is 15.6. The zero-order valence-electron chi connectivity index (χ0n) is 31.6. The minimum absolute atomic E-state index is 0.883. The number of furan rings is 1. The van der Waals surface area contributed by atoms with Gasteiger partial charge in [-0.2, -0.15) is 0 Å². The lowest BCUT2D eigenvalue weighted by atomic mass is 10.0. The van der Waals surface area contributed by atoms with Crippen LogP contribution in [-0.4, -0.2) is 8.80 Å². The molecule has 9 aromatic carbocycles. The Morgan fingerprint density at radius 1 is 0.339 bits per heavy atom. The first-order valence-electron chi connectivity index (χ1n) is 20.1. The Morgan fingerprint density at radius 2 is 0.915 bits per heavy atom. The van der Waals surface area contributed by atoms with E-state index in [0.717, 1.165) is 44.5 Å². The maximum Gasteiger partial charge on any atom is 0.135 e. The Kier molecular flexibility index (Phi) is 6.14. The summed E-state index contributed by atoms with van der Waals surface area (Å²) in [6.07, 6.45) is 0. The number of hydrogen-bond acceptors (Lipinski definition) is 3. The number of anilines is 3. The van der Waals surface area contributed by atoms with Crippen LogP contribution in [0.4, 0.5) is 17.1 Å². The number of nitrogens with zero attached hydrogens (tertiary/aromatic N) is 3. The van der Waals surface area contributed by atoms with Gasteiger partial charge in [-0.3, -0.25) is 0 Å². The predicted molar refractivity (Wildman–Crippen MR) is 250 cm³/mol. The molecule has 0 radical (unpaired) electrons. The van der Waals surface area contributed by atoms with Gasteiger partial charge in [-0.25, -0.2) is 0 Å². The molecule has 0 fully saturated rings. The van der Waals surface area contributed by atoms with Gasteiger partial charge in [0, 0.05) is 69.6 Å². The van der Waals surface area contributed by atoms with E-state index in [1.807, 2.05) is 23.5 Å². The van der Waals surface area contributed by atoms with Gasteiger partial charge in [0.2, 0.25) is 0 Å². The Bertz CT molecular complexity index is 4030. The Balaban J connectivity index is 1.02. The molecule has 0 aliphatic heterocycles. The van der Waals surface area contributed by atoms with E-state index in [-0.39, 0.29) is 0 Å². The molecule has 0 amide bonds. The molecule has 0 atom stereocenters. The molecule has 0 bridgehead atoms. The maximum atomic E-state index is 6.32. The van der Waals surface area contributed by atoms with Crippen LogP contribution < -0.4 is 4.90 Å². The third kappa shape index (κ3) is 4.26. The number of benzene rings is 9. The molecule has 4 nitrogen and oxygen atoms in total. The van der Waals surface area contributed by atoms with E-state index >= 15 is 0 Å². The molecule has 14 rings (SSSR count). The second-order valence-electron chi connectivity index (χ2n) is 15.7. The molecule has 0 aliphatic rings. The first-order valence-corrected chi connectivity index (χ1v) is 20.9. The maximum absolute atomic E-state index is 6.32. The largest absolute Gasteiger partial charge is 0.456 e. The third-order valence-corrected chi connectivity index (χ3v) is 13.8. The quantitative estimate of drug-likeness (QED) is 0.167. The highest BCUT2D eigenvalue weighted by Crippen LogP contribution is 2.45. The topological polar surface area (TPSA) is 25.2 Å². The molecule has 59 heavy (non-hydrogen) atoms. The Morgan fingerprint density at radius 3 is 1.69 bits per heavy atom. The van der Waals surface area contributed by atoms with E-state index < -0.39 is 0 Å². The fourth-order valence-electron chi connectivity index (χ4n) is 10.0. The third-order valence-electron chi connectivity index (χ3n) is 12.6. The van der Waals surface area contributed by atoms with Crippen LogP contribution in [0.15, 0.2) is 192 Å². The minimum atomic E-state index is 0.883. The smallest absolute Gasteiger partial charge is 0.135 e. The van der Waals surface area contributed by atoms with Crippen molar-refractivity contribution in [2.45, 2.75) is 0 Å². The van der Waals surface area contributed by atoms with Crippen molar-refractivity contribution in [3.8, 4) is 11.1 Å². The summed E-state index contributed by atoms with van der Waals surface area (Å²) in [4.78, 5) is 2.40. The van der Waals surface area contributed by atoms with Crippen LogP contribution in [0.1, 0.15) is 0 Å². The molecule has 0 aliphatic carbocycles. The fraction of sp³-hybridized carbons (Fsp3) is 0. The van der Waals surface area contributed by atoms with Crippen LogP contribution >= 0.6 is 11.3 Å². The van der Waals surface area contributed by atoms with Gasteiger partial charge in [0.25, 0.3) is 0 Å². The summed E-state index contributed by atoms with van der Waals surface area (Å²) in [5, 5.41) is 9.92. The Labute approximate surface area is 340 Å². The molecule has 0 saturated heterocycles. The second kappa shape index (κ2) is 11.5. The molecule has 0 N–H and O–H groups in total. The summed E-state index contributed by atoms with van der Waals surface area (Å²) < 4.78 is 13.9. The molecule has 274 valence electrons. The lowest BCUT2D eigenvalue weighted by Crippen LogP contribution is -2.10. The molecule has 5 heterocycles. The highest BCUT2D eigenvalue weighted by atomic mass is 32.1. The zero-order chi connectivity index (χ0) is 38.3. The molecular weight excluding hydrogens is 739 g/mol. The van der Waals surface area contributed by atoms with E-state index in [9.17, 15) is 0 Å². The molecule has 0 spiro atoms. The van der Waals surface area contributed by atoms with Crippen molar-refractivity contribution >= 4 is 125 Å². The summed E-state index contributed by atoms with van der Waals surface area (Å²) in [6.45, 7) is 0. The Hall–Kier alpha value is -7.60. The highest BCUT2D eigenvalue weighted by molar-refractivity contribution is 7.25. The first-order chi connectivity index (χ1) is 29.2. The van der Waals surface area contributed by atoms with E-state index in [1.54, 1.807) is 0 Å². The first kappa shape index (κ1) is 31.5. The van der Waals surface area contributed by atoms with Crippen LogP contribution in [-0.2, 0) is 0 Å². The summed E-state index contributed by atoms with van der Waals surface area (Å²) in [5.74, 6) is 0. The van der Waals surface area contributed by atoms with Crippen molar-refractivity contribution in [1.82, 2.24) is 8.80 Å². The van der Waals surface area contributed by atoms with E-state index in [2.05, 4.69) is 190 Å². The number of fused-ring (bicyclic) bond motifs is 15. The van der Waals surface area contributed by atoms with Crippen molar-refractivity contribution < 1.29 is 4.42 Å². The van der Waals surface area contributed by atoms with Crippen molar-refractivity contribution in [2.75, 3.05) is 4.90 Å². The minimum Gasteiger partial charge on any atom is -0.456 e. The number of hydrogen-bond donors (Lipinski definition) is 0. The van der Waals surface area contributed by atoms with Gasteiger partial charge in [-0.05, 0) is 96.1 Å². The average molecular weight is 770 g/mol. The molecule has 0 saturated carbocycles. The van der Waals surface area contributed by atoms with Crippen molar-refractivity contribution in [1.29, 1.82) is 0 Å². The van der Waals surface area contributed by atoms with E-state index in [4.69, 9.17) is 4.42 Å². The molecule has 5 heteroatoms. The lowest BCUT2D eigenvalue weighted by molar-refractivity contribution is 0.669. The van der Waals surface area contributed by atoms with Crippen LogP contribution in [0.3, 0.4) is 0 Å². The average Bonchev–Trinajstić information content (AvgIpc) is 4.04. The van der Waals surface area contributed by atoms with Gasteiger partial charge in [0.15, 0.2) is 0 Å². The summed E-state index contributed by atoms with van der Waals surface area (Å²) in [7, 11) is 0. The van der Waals surface area contributed by atoms with E-state index in [0.29, 0.717) is 0 Å². The van der Waals surface area contributed by atoms with E-state index in [1.165, 1.54) is 80.4 Å². The van der Waals surface area contributed by atoms with Crippen molar-refractivity contribution in [3.05, 3.63) is 188 Å². The summed E-state index contributed by atoms with van der Waals surface area (Å²) >= 11 is 1.86. The SMILES string of the molecule is c1ccc2c(c1)oc1ccc(N(c3ccc(-c4ccc5sc6ccccc6c5c4)cc3)c3ccc4c(c3)n3c5ccccc5c5ccc6c7ccccc7n4c6c53)cc12. The van der Waals surface area contributed by atoms with Gasteiger partial charge in [0.05, 0.1) is 33.1 Å². The zero-order valence-corrected chi connectivity index (χ0v) is 32.4. The van der Waals surface area contributed by atoms with Crippen LogP contribution in [0.2, 0.25) is 0 Å². The number of aromatic nitrogens is 2. The van der Waals surface area contributed by atoms with Gasteiger partial charge < -0.3 is 18.1 Å². The normalized spacial score (nSPS) is 12.4. The number of para-hydroxylation sites is 3. The number of thiophene rings is 1. The second-order valence-corrected chi connectivity index (χ2v) is 16.8. The van der Waals surface area contributed by atoms with Crippen molar-refractivity contribution in [2.24, 2.45) is 0 Å². The van der Waals surface area contributed by atoms with Crippen LogP contribution in [0, 0.1) is 0 Å². The summed E-state index contributed by atoms with van der Waals surface area (Å²) in [6, 6.07) is 68.9. The fourth-order valence-corrected chi connectivity index (χ4v) is 11.1. The molecule has 14 aromatic rings. The van der Waals surface area contributed by atoms with Crippen LogP contribution in [0.25, 0.3) is 108 Å². The molecular formula is C54H31N3OS. The highest BCUT2D eigenvalue weighted by Gasteiger charge is 2.23. The number of rotatable bonds is 4. The van der Waals surface area contributed by atoms with Crippen molar-refractivity contribution in [3.63, 3.8) is 0 Å². The van der Waals surface area contributed by atoms with Gasteiger partial charge in [-0.1, -0.05) is 103 Å². The summed E-state index contributed by atoms with van der Waals surface area (Å²) in [5.41, 5.74) is 14.7. The monoisotopic (exact) mass is 769 g/mol. The van der Waals surface area contributed by atoms with Gasteiger partial charge in [0.1, 0.15) is 11.2 Å². The van der Waals surface area contributed by atoms with Gasteiger partial charge in [-0.15, -0.1) is 11.3 Å². The molecule has 0 unspecified atom stereocenters.